The summed E-state index contributed by atoms with van der Waals surface area (Å²) in [4.78, 5) is 15.1. The van der Waals surface area contributed by atoms with Crippen LogP contribution in [0.25, 0.3) is 5.65 Å². The highest BCUT2D eigenvalue weighted by molar-refractivity contribution is 7.87. The fourth-order valence-electron chi connectivity index (χ4n) is 1.26. The zero-order valence-corrected chi connectivity index (χ0v) is 12.8. The SMILES string of the molecule is CC.O=c1cc(OS(=O)(=O)C(F)(F)F)nc2ccc(Cl)cn12. The second-order valence-corrected chi connectivity index (χ2v) is 5.47. The number of fused-ring (bicyclic) bond motifs is 1. The number of alkyl halides is 3. The molecule has 22 heavy (non-hydrogen) atoms. The summed E-state index contributed by atoms with van der Waals surface area (Å²) < 4.78 is 62.7. The number of nitrogens with zero attached hydrogens (tertiary/aromatic N) is 2. The average Bonchev–Trinajstić information content (AvgIpc) is 2.40. The van der Waals surface area contributed by atoms with Gasteiger partial charge in [0.1, 0.15) is 5.65 Å². The maximum Gasteiger partial charge on any atom is 0.534 e. The van der Waals surface area contributed by atoms with Crippen molar-refractivity contribution in [1.29, 1.82) is 0 Å². The van der Waals surface area contributed by atoms with Crippen molar-refractivity contribution in [1.82, 2.24) is 9.38 Å². The molecular weight excluding hydrogens is 349 g/mol. The van der Waals surface area contributed by atoms with Gasteiger partial charge in [0.25, 0.3) is 5.56 Å². The minimum Gasteiger partial charge on any atom is -0.355 e. The van der Waals surface area contributed by atoms with Crippen molar-refractivity contribution < 1.29 is 25.8 Å². The third-order valence-corrected chi connectivity index (χ3v) is 3.26. The van der Waals surface area contributed by atoms with Crippen LogP contribution in [0.2, 0.25) is 5.02 Å². The lowest BCUT2D eigenvalue weighted by Crippen LogP contribution is -2.29. The Balaban J connectivity index is 0.00000116. The second-order valence-electron chi connectivity index (χ2n) is 3.49. The van der Waals surface area contributed by atoms with E-state index in [2.05, 4.69) is 9.17 Å². The maximum atomic E-state index is 12.1. The summed E-state index contributed by atoms with van der Waals surface area (Å²) in [6.45, 7) is 4.00. The van der Waals surface area contributed by atoms with E-state index in [-0.39, 0.29) is 10.7 Å². The van der Waals surface area contributed by atoms with E-state index in [1.54, 1.807) is 0 Å². The van der Waals surface area contributed by atoms with Gasteiger partial charge in [0, 0.05) is 6.20 Å². The minimum absolute atomic E-state index is 0.116. The van der Waals surface area contributed by atoms with Crippen molar-refractivity contribution in [3.63, 3.8) is 0 Å². The Kier molecular flexibility index (Phi) is 5.41. The van der Waals surface area contributed by atoms with Crippen molar-refractivity contribution in [3.8, 4) is 5.88 Å². The van der Waals surface area contributed by atoms with Crippen molar-refractivity contribution in [2.75, 3.05) is 0 Å². The van der Waals surface area contributed by atoms with Crippen LogP contribution >= 0.6 is 11.6 Å². The van der Waals surface area contributed by atoms with Crippen LogP contribution in [-0.4, -0.2) is 23.3 Å². The smallest absolute Gasteiger partial charge is 0.355 e. The predicted molar refractivity (Wildman–Crippen MR) is 73.4 cm³/mol. The number of hydrogen-bond acceptors (Lipinski definition) is 5. The van der Waals surface area contributed by atoms with Crippen LogP contribution in [0.1, 0.15) is 13.8 Å². The van der Waals surface area contributed by atoms with E-state index in [1.165, 1.54) is 18.3 Å². The number of hydrogen-bond donors (Lipinski definition) is 0. The Morgan fingerprint density at radius 1 is 1.27 bits per heavy atom. The van der Waals surface area contributed by atoms with Crippen molar-refractivity contribution >= 4 is 27.4 Å². The molecule has 2 heterocycles. The molecule has 0 unspecified atom stereocenters. The van der Waals surface area contributed by atoms with E-state index in [0.29, 0.717) is 6.07 Å². The summed E-state index contributed by atoms with van der Waals surface area (Å²) in [5, 5.41) is 0.193. The summed E-state index contributed by atoms with van der Waals surface area (Å²) >= 11 is 5.63. The van der Waals surface area contributed by atoms with Gasteiger partial charge in [0.15, 0.2) is 0 Å². The monoisotopic (exact) mass is 358 g/mol. The lowest BCUT2D eigenvalue weighted by atomic mass is 10.4. The van der Waals surface area contributed by atoms with Crippen LogP contribution in [0.5, 0.6) is 5.88 Å². The molecule has 0 fully saturated rings. The van der Waals surface area contributed by atoms with E-state index >= 15 is 0 Å². The van der Waals surface area contributed by atoms with Crippen molar-refractivity contribution in [2.24, 2.45) is 0 Å². The van der Waals surface area contributed by atoms with Gasteiger partial charge in [-0.3, -0.25) is 9.20 Å². The molecule has 0 radical (unpaired) electrons. The van der Waals surface area contributed by atoms with E-state index in [1.807, 2.05) is 13.8 Å². The normalized spacial score (nSPS) is 11.7. The van der Waals surface area contributed by atoms with Crippen molar-refractivity contribution in [3.05, 3.63) is 39.8 Å². The Labute approximate surface area is 128 Å². The lowest BCUT2D eigenvalue weighted by molar-refractivity contribution is -0.0501. The molecule has 0 atom stereocenters. The van der Waals surface area contributed by atoms with Crippen LogP contribution < -0.4 is 9.74 Å². The van der Waals surface area contributed by atoms with Gasteiger partial charge in [0.2, 0.25) is 5.88 Å². The largest absolute Gasteiger partial charge is 0.534 e. The van der Waals surface area contributed by atoms with Crippen LogP contribution in [-0.2, 0) is 10.1 Å². The third-order valence-electron chi connectivity index (χ3n) is 2.08. The van der Waals surface area contributed by atoms with Gasteiger partial charge in [-0.05, 0) is 12.1 Å². The number of halogens is 4. The molecule has 0 saturated carbocycles. The van der Waals surface area contributed by atoms with Gasteiger partial charge in [-0.1, -0.05) is 25.4 Å². The van der Waals surface area contributed by atoms with E-state index in [4.69, 9.17) is 11.6 Å². The van der Waals surface area contributed by atoms with Gasteiger partial charge in [-0.2, -0.15) is 26.6 Å². The van der Waals surface area contributed by atoms with Gasteiger partial charge >= 0.3 is 15.6 Å². The molecule has 0 aliphatic heterocycles. The summed E-state index contributed by atoms with van der Waals surface area (Å²) in [5.41, 5.74) is -6.57. The van der Waals surface area contributed by atoms with Gasteiger partial charge < -0.3 is 4.18 Å². The van der Waals surface area contributed by atoms with Crippen LogP contribution in [0.4, 0.5) is 13.2 Å². The molecule has 122 valence electrons. The molecule has 0 spiro atoms. The first-order valence-corrected chi connectivity index (χ1v) is 7.58. The molecule has 0 N–H and O–H groups in total. The molecule has 0 aliphatic carbocycles. The first-order chi connectivity index (χ1) is 10.1. The minimum atomic E-state index is -5.88. The van der Waals surface area contributed by atoms with E-state index in [9.17, 15) is 26.4 Å². The topological polar surface area (TPSA) is 77.7 Å². The first kappa shape index (κ1) is 18.2. The first-order valence-electron chi connectivity index (χ1n) is 5.80. The molecule has 0 bridgehead atoms. The summed E-state index contributed by atoms with van der Waals surface area (Å²) in [6.07, 6.45) is 1.17. The third kappa shape index (κ3) is 3.89. The number of aromatic nitrogens is 2. The highest BCUT2D eigenvalue weighted by Crippen LogP contribution is 2.25. The van der Waals surface area contributed by atoms with Crippen molar-refractivity contribution in [2.45, 2.75) is 19.4 Å². The van der Waals surface area contributed by atoms with E-state index < -0.39 is 27.1 Å². The zero-order valence-electron chi connectivity index (χ0n) is 11.3. The zero-order chi connectivity index (χ0) is 17.1. The van der Waals surface area contributed by atoms with Gasteiger partial charge in [0.05, 0.1) is 11.1 Å². The highest BCUT2D eigenvalue weighted by Gasteiger charge is 2.48. The molecule has 6 nitrogen and oxygen atoms in total. The molecule has 0 aromatic carbocycles. The van der Waals surface area contributed by atoms with Crippen LogP contribution in [0, 0.1) is 0 Å². The second kappa shape index (κ2) is 6.53. The molecule has 2 rings (SSSR count). The van der Waals surface area contributed by atoms with Crippen LogP contribution in [0.3, 0.4) is 0 Å². The Bertz CT molecular complexity index is 833. The van der Waals surface area contributed by atoms with Gasteiger partial charge in [-0.15, -0.1) is 0 Å². The van der Waals surface area contributed by atoms with Gasteiger partial charge in [-0.25, -0.2) is 0 Å². The fourth-order valence-corrected chi connectivity index (χ4v) is 1.82. The highest BCUT2D eigenvalue weighted by atomic mass is 35.5. The average molecular weight is 359 g/mol. The standard InChI is InChI=1S/C9H4ClF3N2O4S.C2H6/c10-5-1-2-6-14-7(3-8(16)15(6)4-5)19-20(17,18)9(11,12)13;1-2/h1-4H;1-2H3. The molecule has 0 amide bonds. The van der Waals surface area contributed by atoms with E-state index in [0.717, 1.165) is 4.40 Å². The molecule has 0 aliphatic rings. The molecule has 11 heteroatoms. The molecule has 2 aromatic heterocycles. The number of pyridine rings is 1. The summed E-state index contributed by atoms with van der Waals surface area (Å²) in [6, 6.07) is 3.05. The number of rotatable bonds is 2. The maximum absolute atomic E-state index is 12.1. The predicted octanol–water partition coefficient (Wildman–Crippen LogP) is 2.60. The Hall–Kier alpha value is -1.81. The Morgan fingerprint density at radius 2 is 1.86 bits per heavy atom. The summed E-state index contributed by atoms with van der Waals surface area (Å²) in [7, 11) is -5.88. The quantitative estimate of drug-likeness (QED) is 0.609. The Morgan fingerprint density at radius 3 is 2.41 bits per heavy atom. The molecule has 0 saturated heterocycles. The fraction of sp³-hybridized carbons (Fsp3) is 0.273. The lowest BCUT2D eigenvalue weighted by Gasteiger charge is -2.09. The molecule has 2 aromatic rings. The summed E-state index contributed by atoms with van der Waals surface area (Å²) in [5.74, 6) is -0.977. The van der Waals surface area contributed by atoms with Crippen LogP contribution in [0.15, 0.2) is 29.2 Å². The molecular formula is C11H10ClF3N2O4S.